The quantitative estimate of drug-likeness (QED) is 0.384. The van der Waals surface area contributed by atoms with Crippen LogP contribution in [0.2, 0.25) is 0 Å². The maximum absolute atomic E-state index is 10.5. The molecule has 0 bridgehead atoms. The van der Waals surface area contributed by atoms with E-state index in [4.69, 9.17) is 29.4 Å². The van der Waals surface area contributed by atoms with Crippen LogP contribution >= 0.6 is 31.7 Å². The van der Waals surface area contributed by atoms with Gasteiger partial charge >= 0.3 is 31.7 Å². The van der Waals surface area contributed by atoms with E-state index < -0.39 is 36.6 Å². The van der Waals surface area contributed by atoms with E-state index in [0.29, 0.717) is 0 Å². The van der Waals surface area contributed by atoms with E-state index in [0.717, 1.165) is 13.8 Å². The number of rotatable bonds is 4. The molecular weight excluding hydrogens is 336 g/mol. The highest BCUT2D eigenvalue weighted by molar-refractivity contribution is 7.72. The van der Waals surface area contributed by atoms with Gasteiger partial charge in [0, 0.05) is 9.13 Å². The van der Waals surface area contributed by atoms with Crippen LogP contribution in [0.5, 0.6) is 0 Å². The second-order valence-corrected chi connectivity index (χ2v) is 9.51. The minimum Gasteiger partial charge on any atom is -0.324 e. The largest absolute Gasteiger partial charge is 0.745 e. The Morgan fingerprint density at radius 2 is 1.11 bits per heavy atom. The molecule has 0 aliphatic carbocycles. The Kier molecular flexibility index (Phi) is 8.32. The predicted molar refractivity (Wildman–Crippen MR) is 58.9 cm³/mol. The van der Waals surface area contributed by atoms with Gasteiger partial charge in [0.1, 0.15) is 0 Å². The van der Waals surface area contributed by atoms with Gasteiger partial charge in [0.15, 0.2) is 9.21 Å². The Bertz CT molecular complexity index is 365. The van der Waals surface area contributed by atoms with E-state index in [9.17, 15) is 18.3 Å². The summed E-state index contributed by atoms with van der Waals surface area (Å²) in [5.41, 5.74) is 0. The molecule has 0 saturated carbocycles. The highest BCUT2D eigenvalue weighted by Crippen LogP contribution is 2.68. The molecule has 2 atom stereocenters. The van der Waals surface area contributed by atoms with Gasteiger partial charge < -0.3 is 19.6 Å². The van der Waals surface area contributed by atoms with Crippen molar-refractivity contribution >= 4 is 31.7 Å². The van der Waals surface area contributed by atoms with Gasteiger partial charge in [-0.25, -0.2) is 0 Å². The van der Waals surface area contributed by atoms with Crippen molar-refractivity contribution in [1.82, 2.24) is 0 Å². The van der Waals surface area contributed by atoms with E-state index in [-0.39, 0.29) is 0 Å². The molecule has 0 amide bonds. The second-order valence-electron chi connectivity index (χ2n) is 3.14. The zero-order valence-corrected chi connectivity index (χ0v) is 12.6. The minimum absolute atomic E-state index is 0.828. The van der Waals surface area contributed by atoms with E-state index in [2.05, 4.69) is 4.31 Å². The normalized spacial score (nSPS) is 14.4. The van der Waals surface area contributed by atoms with Crippen molar-refractivity contribution in [2.24, 2.45) is 0 Å². The Hall–Kier alpha value is 0.380. The Morgan fingerprint density at radius 3 is 1.11 bits per heavy atom. The van der Waals surface area contributed by atoms with Crippen molar-refractivity contribution in [3.8, 4) is 0 Å². The molecule has 0 spiro atoms. The van der Waals surface area contributed by atoms with Gasteiger partial charge in [-0.1, -0.05) is 0 Å². The SMILES string of the molecule is CC(C)(P(=O)(O)O)P(=O)(O)O.O=[P+](O)O[P+](=O)O. The summed E-state index contributed by atoms with van der Waals surface area (Å²) < 4.78 is 43.2. The smallest absolute Gasteiger partial charge is 0.324 e. The Balaban J connectivity index is 0. The maximum Gasteiger partial charge on any atom is 0.745 e. The third kappa shape index (κ3) is 7.74. The molecule has 2 unspecified atom stereocenters. The van der Waals surface area contributed by atoms with E-state index in [1.165, 1.54) is 0 Å². The zero-order chi connectivity index (χ0) is 15.4. The summed E-state index contributed by atoms with van der Waals surface area (Å²) in [6.45, 7) is 1.66. The molecule has 18 heavy (non-hydrogen) atoms. The molecule has 11 nitrogen and oxygen atoms in total. The van der Waals surface area contributed by atoms with Crippen LogP contribution in [0.4, 0.5) is 0 Å². The van der Waals surface area contributed by atoms with Gasteiger partial charge in [-0.3, -0.25) is 9.13 Å². The van der Waals surface area contributed by atoms with Crippen molar-refractivity contribution in [2.75, 3.05) is 0 Å². The molecule has 108 valence electrons. The Morgan fingerprint density at radius 1 is 0.889 bits per heavy atom. The molecule has 0 aromatic carbocycles. The summed E-state index contributed by atoms with van der Waals surface area (Å²) in [7, 11) is -15.4. The molecular formula is C3H12O11P4+2. The summed E-state index contributed by atoms with van der Waals surface area (Å²) >= 11 is 0. The first kappa shape index (κ1) is 20.7. The highest BCUT2D eigenvalue weighted by atomic mass is 31.2. The van der Waals surface area contributed by atoms with Crippen LogP contribution in [-0.4, -0.2) is 34.3 Å². The molecule has 0 saturated heterocycles. The van der Waals surface area contributed by atoms with Crippen LogP contribution in [0, 0.1) is 0 Å². The zero-order valence-electron chi connectivity index (χ0n) is 9.01. The van der Waals surface area contributed by atoms with Crippen LogP contribution in [-0.2, 0) is 22.6 Å². The fraction of sp³-hybridized carbons (Fsp3) is 1.00. The highest BCUT2D eigenvalue weighted by Gasteiger charge is 2.52. The molecule has 0 aromatic heterocycles. The number of hydrogen-bond donors (Lipinski definition) is 6. The standard InChI is InChI=1S/C3H10O6P2.O5P2/c1-3(2,10(4,5)6)11(7,8)9;1-6(2)5-7(3)4/h1-2H3,(H2,4,5,6)(H2,7,8,9);/p+2. The lowest BCUT2D eigenvalue weighted by Crippen LogP contribution is -2.19. The van der Waals surface area contributed by atoms with Crippen LogP contribution in [0.1, 0.15) is 13.8 Å². The lowest BCUT2D eigenvalue weighted by atomic mass is 10.5. The topological polar surface area (TPSA) is 199 Å². The molecule has 6 N–H and O–H groups in total. The van der Waals surface area contributed by atoms with Gasteiger partial charge in [0.25, 0.3) is 0 Å². The molecule has 15 heteroatoms. The lowest BCUT2D eigenvalue weighted by Gasteiger charge is -2.25. The van der Waals surface area contributed by atoms with Gasteiger partial charge in [0.2, 0.25) is 0 Å². The van der Waals surface area contributed by atoms with Gasteiger partial charge in [-0.05, 0) is 13.8 Å². The monoisotopic (exact) mass is 348 g/mol. The lowest BCUT2D eigenvalue weighted by molar-refractivity contribution is 0.318. The first-order chi connectivity index (χ1) is 7.63. The summed E-state index contributed by atoms with van der Waals surface area (Å²) in [4.78, 5) is 47.0. The van der Waals surface area contributed by atoms with E-state index in [1.807, 2.05) is 0 Å². The maximum atomic E-state index is 10.5. The van der Waals surface area contributed by atoms with Gasteiger partial charge in [-0.2, -0.15) is 0 Å². The van der Waals surface area contributed by atoms with Crippen LogP contribution in [0.15, 0.2) is 0 Å². The number of hydrogen-bond acceptors (Lipinski definition) is 5. The molecule has 0 heterocycles. The Labute approximate surface area is 103 Å². The molecule has 0 rings (SSSR count). The van der Waals surface area contributed by atoms with Gasteiger partial charge in [-0.15, -0.1) is 9.79 Å². The van der Waals surface area contributed by atoms with E-state index >= 15 is 0 Å². The van der Waals surface area contributed by atoms with Crippen LogP contribution in [0.25, 0.3) is 0 Å². The molecule has 0 aliphatic rings. The first-order valence-electron chi connectivity index (χ1n) is 3.74. The summed E-state index contributed by atoms with van der Waals surface area (Å²) in [6.07, 6.45) is 0. The van der Waals surface area contributed by atoms with Crippen molar-refractivity contribution < 1.29 is 51.9 Å². The van der Waals surface area contributed by atoms with E-state index in [1.54, 1.807) is 0 Å². The van der Waals surface area contributed by atoms with Crippen molar-refractivity contribution in [3.63, 3.8) is 0 Å². The molecule has 0 aromatic rings. The van der Waals surface area contributed by atoms with Crippen LogP contribution < -0.4 is 0 Å². The second kappa shape index (κ2) is 7.24. The summed E-state index contributed by atoms with van der Waals surface area (Å²) in [6, 6.07) is 0. The fourth-order valence-corrected chi connectivity index (χ4v) is 2.07. The molecule has 0 fully saturated rings. The third-order valence-corrected chi connectivity index (χ3v) is 7.10. The van der Waals surface area contributed by atoms with Crippen molar-refractivity contribution in [2.45, 2.75) is 18.7 Å². The third-order valence-electron chi connectivity index (χ3n) is 1.57. The van der Waals surface area contributed by atoms with Gasteiger partial charge in [0.05, 0.1) is 0 Å². The summed E-state index contributed by atoms with van der Waals surface area (Å²) in [5.74, 6) is 0. The first-order valence-corrected chi connectivity index (χ1v) is 9.23. The average Bonchev–Trinajstić information content (AvgIpc) is 1.97. The molecule has 0 radical (unpaired) electrons. The fourth-order valence-electron chi connectivity index (χ4n) is 0.229. The predicted octanol–water partition coefficient (Wildman–Crippen LogP) is 0.380. The minimum atomic E-state index is -4.75. The van der Waals surface area contributed by atoms with Crippen LogP contribution in [0.3, 0.4) is 0 Å². The summed E-state index contributed by atoms with van der Waals surface area (Å²) in [5, 5.41) is 0. The molecule has 0 aliphatic heterocycles. The van der Waals surface area contributed by atoms with Crippen molar-refractivity contribution in [1.29, 1.82) is 0 Å². The van der Waals surface area contributed by atoms with Crippen molar-refractivity contribution in [3.05, 3.63) is 0 Å². The average molecular weight is 348 g/mol.